The van der Waals surface area contributed by atoms with Crippen LogP contribution in [0.3, 0.4) is 0 Å². The van der Waals surface area contributed by atoms with Gasteiger partial charge in [0.15, 0.2) is 0 Å². The Morgan fingerprint density at radius 1 is 0.711 bits per heavy atom. The minimum atomic E-state index is -4.81. The summed E-state index contributed by atoms with van der Waals surface area (Å²) < 4.78 is 1.39. The fourth-order valence-corrected chi connectivity index (χ4v) is 36.4. The molecule has 0 aromatic heterocycles. The summed E-state index contributed by atoms with van der Waals surface area (Å²) in [5.74, 6) is -1.62. The van der Waals surface area contributed by atoms with Gasteiger partial charge in [-0.1, -0.05) is 0 Å². The molecule has 0 heterocycles. The second-order valence-corrected chi connectivity index (χ2v) is 54.8. The van der Waals surface area contributed by atoms with Crippen LogP contribution in [-0.2, 0) is 22.0 Å². The van der Waals surface area contributed by atoms with E-state index in [2.05, 4.69) is 141 Å². The SMILES string of the molecule is CCCC1=Cc2c(-c3c4ccccc4cc4ccccc34)cccc2[CH]1[Zr]([Cl])([Cl])([c]1cccc2c1Cc1ccccc1-2)[SiH](C)C. The van der Waals surface area contributed by atoms with Gasteiger partial charge in [0.1, 0.15) is 0 Å². The first-order valence-corrected chi connectivity index (χ1v) is 32.5. The monoisotopic (exact) mass is 717 g/mol. The number of allylic oxidation sites excluding steroid dienone is 1. The van der Waals surface area contributed by atoms with Gasteiger partial charge in [0.05, 0.1) is 0 Å². The van der Waals surface area contributed by atoms with Crippen molar-refractivity contribution in [2.24, 2.45) is 0 Å². The molecule has 6 aromatic rings. The summed E-state index contributed by atoms with van der Waals surface area (Å²) >= 11 is -4.81. The molecule has 4 heteroatoms. The normalized spacial score (nSPS) is 16.4. The summed E-state index contributed by atoms with van der Waals surface area (Å²) in [6, 6.07) is 42.6. The molecule has 0 bridgehead atoms. The standard InChI is InChI=1S/C26H21.C13H9.C2H7Si.2ClH.Zr/c1-2-8-18-15-19-11-7-14-24(25(19)16-18)26-22-12-5-3-9-20(22)17-21-10-4-6-13-23(21)26;1-3-7-12-10(5-1)9-11-6-2-4-8-13(11)12;1-3-2;;;/h3-7,9-17H,2,8H2,1H3;1-5,7-8H,9H2;3H,1-2H3;2*1H;/q;;;;;+2/p-2. The van der Waals surface area contributed by atoms with Gasteiger partial charge < -0.3 is 0 Å². The van der Waals surface area contributed by atoms with Crippen LogP contribution in [0.1, 0.15) is 45.6 Å². The Morgan fingerprint density at radius 3 is 2.04 bits per heavy atom. The molecule has 0 nitrogen and oxygen atoms in total. The zero-order valence-electron chi connectivity index (χ0n) is 26.1. The van der Waals surface area contributed by atoms with Crippen molar-refractivity contribution < 1.29 is 15.6 Å². The Kier molecular flexibility index (Phi) is 7.19. The van der Waals surface area contributed by atoms with Crippen LogP contribution in [0.4, 0.5) is 0 Å². The van der Waals surface area contributed by atoms with Crippen molar-refractivity contribution in [3.05, 3.63) is 143 Å². The third kappa shape index (κ3) is 4.33. The maximum absolute atomic E-state index is 8.53. The van der Waals surface area contributed by atoms with E-state index in [1.807, 2.05) is 0 Å². The Morgan fingerprint density at radius 2 is 1.33 bits per heavy atom. The summed E-state index contributed by atoms with van der Waals surface area (Å²) in [5.41, 5.74) is 12.1. The third-order valence-corrected chi connectivity index (χ3v) is 60.7. The van der Waals surface area contributed by atoms with E-state index in [0.29, 0.717) is 0 Å². The molecule has 0 fully saturated rings. The molecule has 6 aromatic carbocycles. The number of rotatable bonds is 6. The fraction of sp³-hybridized carbons (Fsp3) is 0.171. The molecule has 0 radical (unpaired) electrons. The van der Waals surface area contributed by atoms with Crippen LogP contribution in [0.5, 0.6) is 0 Å². The van der Waals surface area contributed by atoms with Crippen molar-refractivity contribution >= 4 is 53.8 Å². The van der Waals surface area contributed by atoms with Crippen molar-refractivity contribution in [2.45, 2.75) is 42.9 Å². The molecule has 2 aliphatic rings. The average Bonchev–Trinajstić information content (AvgIpc) is 3.63. The summed E-state index contributed by atoms with van der Waals surface area (Å²) in [7, 11) is 17.1. The van der Waals surface area contributed by atoms with Crippen LogP contribution in [0.25, 0.3) is 49.9 Å². The Bertz CT molecular complexity index is 2140. The molecule has 0 amide bonds. The van der Waals surface area contributed by atoms with Gasteiger partial charge in [0.2, 0.25) is 0 Å². The van der Waals surface area contributed by atoms with Crippen LogP contribution >= 0.6 is 17.0 Å². The summed E-state index contributed by atoms with van der Waals surface area (Å²) in [6.07, 6.45) is 5.50. The average molecular weight is 720 g/mol. The second kappa shape index (κ2) is 10.9. The topological polar surface area (TPSA) is 0 Å². The number of benzene rings is 6. The van der Waals surface area contributed by atoms with E-state index in [9.17, 15) is 0 Å². The summed E-state index contributed by atoms with van der Waals surface area (Å²) in [6.45, 7) is 7.14. The van der Waals surface area contributed by atoms with Crippen molar-refractivity contribution in [1.29, 1.82) is 0 Å². The molecular formula is C41H37Cl2SiZr. The number of hydrogen-bond acceptors (Lipinski definition) is 0. The first-order valence-electron chi connectivity index (χ1n) is 16.3. The van der Waals surface area contributed by atoms with Crippen molar-refractivity contribution in [3.8, 4) is 22.3 Å². The predicted octanol–water partition coefficient (Wildman–Crippen LogP) is 11.8. The first-order chi connectivity index (χ1) is 21.8. The van der Waals surface area contributed by atoms with Crippen LogP contribution in [0, 0.1) is 0 Å². The summed E-state index contributed by atoms with van der Waals surface area (Å²) in [4.78, 5) is 0. The van der Waals surface area contributed by atoms with Crippen LogP contribution < -0.4 is 3.27 Å². The van der Waals surface area contributed by atoms with Crippen LogP contribution in [-0.4, -0.2) is 5.92 Å². The fourth-order valence-electron chi connectivity index (χ4n) is 8.52. The Balaban J connectivity index is 1.41. The zero-order chi connectivity index (χ0) is 30.9. The van der Waals surface area contributed by atoms with Gasteiger partial charge in [0.25, 0.3) is 0 Å². The van der Waals surface area contributed by atoms with E-state index in [-0.39, 0.29) is 3.63 Å². The van der Waals surface area contributed by atoms with Crippen molar-refractivity contribution in [1.82, 2.24) is 0 Å². The van der Waals surface area contributed by atoms with Crippen LogP contribution in [0.15, 0.2) is 121 Å². The second-order valence-electron chi connectivity index (χ2n) is 13.4. The Hall–Kier alpha value is -2.74. The molecule has 0 saturated carbocycles. The first kappa shape index (κ1) is 29.6. The van der Waals surface area contributed by atoms with E-state index in [0.717, 1.165) is 19.3 Å². The zero-order valence-corrected chi connectivity index (χ0v) is 31.2. The molecule has 0 spiro atoms. The molecule has 45 heavy (non-hydrogen) atoms. The van der Waals surface area contributed by atoms with E-state index in [1.165, 1.54) is 74.9 Å². The predicted molar refractivity (Wildman–Crippen MR) is 197 cm³/mol. The molecule has 0 saturated heterocycles. The molecular weight excluding hydrogens is 683 g/mol. The van der Waals surface area contributed by atoms with Crippen molar-refractivity contribution in [3.63, 3.8) is 0 Å². The maximum atomic E-state index is 8.53. The molecule has 223 valence electrons. The third-order valence-electron chi connectivity index (χ3n) is 10.7. The quantitative estimate of drug-likeness (QED) is 0.119. The van der Waals surface area contributed by atoms with Gasteiger partial charge in [-0.15, -0.1) is 0 Å². The van der Waals surface area contributed by atoms with Crippen molar-refractivity contribution in [2.75, 3.05) is 0 Å². The number of halogens is 2. The van der Waals surface area contributed by atoms with E-state index >= 15 is 0 Å². The van der Waals surface area contributed by atoms with Crippen LogP contribution in [0.2, 0.25) is 13.1 Å². The molecule has 0 N–H and O–H groups in total. The molecule has 1 atom stereocenters. The van der Waals surface area contributed by atoms with Gasteiger partial charge in [0, 0.05) is 0 Å². The molecule has 1 unspecified atom stereocenters. The number of hydrogen-bond donors (Lipinski definition) is 0. The molecule has 2 aliphatic carbocycles. The van der Waals surface area contributed by atoms with Gasteiger partial charge in [-0.25, -0.2) is 0 Å². The number of fused-ring (bicyclic) bond motifs is 6. The molecule has 8 rings (SSSR count). The van der Waals surface area contributed by atoms with E-state index in [4.69, 9.17) is 17.0 Å². The van der Waals surface area contributed by atoms with E-state index < -0.39 is 21.5 Å². The van der Waals surface area contributed by atoms with Gasteiger partial charge in [-0.3, -0.25) is 0 Å². The van der Waals surface area contributed by atoms with E-state index in [1.54, 1.807) is 0 Å². The minimum absolute atomic E-state index is 0.0767. The molecule has 0 aliphatic heterocycles. The summed E-state index contributed by atoms with van der Waals surface area (Å²) in [5, 5.41) is 5.11. The van der Waals surface area contributed by atoms with Gasteiger partial charge >= 0.3 is 278 Å². The van der Waals surface area contributed by atoms with Gasteiger partial charge in [-0.05, 0) is 0 Å². The van der Waals surface area contributed by atoms with Gasteiger partial charge in [-0.2, -0.15) is 0 Å². The Labute approximate surface area is 275 Å².